The molecule has 0 saturated carbocycles. The highest BCUT2D eigenvalue weighted by atomic mass is 15.2. The first-order chi connectivity index (χ1) is 10.1. The van der Waals surface area contributed by atoms with Gasteiger partial charge in [-0.05, 0) is 37.6 Å². The van der Waals surface area contributed by atoms with E-state index in [-0.39, 0.29) is 0 Å². The molecule has 1 atom stereocenters. The Bertz CT molecular complexity index is 605. The minimum Gasteiger partial charge on any atom is -0.368 e. The zero-order chi connectivity index (χ0) is 14.9. The number of rotatable bonds is 4. The van der Waals surface area contributed by atoms with Crippen LogP contribution in [0.25, 0.3) is 11.5 Å². The van der Waals surface area contributed by atoms with Crippen LogP contribution >= 0.6 is 0 Å². The monoisotopic (exact) mass is 286 g/mol. The summed E-state index contributed by atoms with van der Waals surface area (Å²) >= 11 is 0. The molecule has 0 aromatic carbocycles. The van der Waals surface area contributed by atoms with Crippen molar-refractivity contribution in [1.29, 1.82) is 0 Å². The zero-order valence-corrected chi connectivity index (χ0v) is 12.9. The molecule has 0 radical (unpaired) electrons. The van der Waals surface area contributed by atoms with Crippen LogP contribution in [0.2, 0.25) is 0 Å². The van der Waals surface area contributed by atoms with Crippen molar-refractivity contribution >= 4 is 5.82 Å². The number of aryl methyl sites for hydroxylation is 1. The number of anilines is 1. The largest absolute Gasteiger partial charge is 0.368 e. The average Bonchev–Trinajstić information content (AvgIpc) is 3.04. The van der Waals surface area contributed by atoms with Crippen molar-refractivity contribution in [2.75, 3.05) is 32.0 Å². The van der Waals surface area contributed by atoms with Crippen LogP contribution in [0, 0.1) is 5.41 Å². The van der Waals surface area contributed by atoms with Crippen molar-refractivity contribution in [3.63, 3.8) is 0 Å². The molecule has 1 fully saturated rings. The molecule has 1 unspecified atom stereocenters. The predicted molar refractivity (Wildman–Crippen MR) is 82.9 cm³/mol. The molecule has 3 heterocycles. The molecular formula is C15H22N6. The lowest BCUT2D eigenvalue weighted by Gasteiger charge is -2.24. The third-order valence-corrected chi connectivity index (χ3v) is 4.16. The molecule has 112 valence electrons. The van der Waals surface area contributed by atoms with Gasteiger partial charge in [-0.15, -0.1) is 10.2 Å². The van der Waals surface area contributed by atoms with Gasteiger partial charge >= 0.3 is 0 Å². The Morgan fingerprint density at radius 2 is 2.14 bits per heavy atom. The van der Waals surface area contributed by atoms with Crippen molar-refractivity contribution < 1.29 is 0 Å². The highest BCUT2D eigenvalue weighted by Gasteiger charge is 2.31. The van der Waals surface area contributed by atoms with E-state index in [9.17, 15) is 0 Å². The molecule has 1 N–H and O–H groups in total. The maximum atomic E-state index is 4.28. The lowest BCUT2D eigenvalue weighted by molar-refractivity contribution is 0.325. The van der Waals surface area contributed by atoms with Gasteiger partial charge in [-0.25, -0.2) is 4.98 Å². The summed E-state index contributed by atoms with van der Waals surface area (Å²) in [5, 5.41) is 11.9. The van der Waals surface area contributed by atoms with Crippen molar-refractivity contribution in [3.8, 4) is 11.5 Å². The molecule has 6 nitrogen and oxygen atoms in total. The second-order valence-corrected chi connectivity index (χ2v) is 6.32. The van der Waals surface area contributed by atoms with Crippen LogP contribution in [-0.4, -0.2) is 51.3 Å². The van der Waals surface area contributed by atoms with Gasteiger partial charge in [-0.3, -0.25) is 0 Å². The normalized spacial score (nSPS) is 22.6. The van der Waals surface area contributed by atoms with Crippen LogP contribution in [0.3, 0.4) is 0 Å². The van der Waals surface area contributed by atoms with Crippen LogP contribution < -0.4 is 5.32 Å². The molecule has 2 aromatic heterocycles. The van der Waals surface area contributed by atoms with Crippen molar-refractivity contribution in [1.82, 2.24) is 24.6 Å². The van der Waals surface area contributed by atoms with E-state index in [2.05, 4.69) is 39.4 Å². The highest BCUT2D eigenvalue weighted by Crippen LogP contribution is 2.29. The Hall–Kier alpha value is -1.95. The SMILES string of the molecule is CN1CCC(C)(CNc2ccc(-c3nccn3C)nn2)C1. The van der Waals surface area contributed by atoms with Gasteiger partial charge in [0.25, 0.3) is 0 Å². The smallest absolute Gasteiger partial charge is 0.160 e. The van der Waals surface area contributed by atoms with Gasteiger partial charge in [-0.2, -0.15) is 0 Å². The van der Waals surface area contributed by atoms with Gasteiger partial charge in [0.1, 0.15) is 11.5 Å². The Morgan fingerprint density at radius 1 is 1.29 bits per heavy atom. The first-order valence-electron chi connectivity index (χ1n) is 7.30. The van der Waals surface area contributed by atoms with Crippen molar-refractivity contribution in [3.05, 3.63) is 24.5 Å². The van der Waals surface area contributed by atoms with E-state index in [1.807, 2.05) is 29.9 Å². The Labute approximate surface area is 125 Å². The third-order valence-electron chi connectivity index (χ3n) is 4.16. The van der Waals surface area contributed by atoms with Crippen molar-refractivity contribution in [2.45, 2.75) is 13.3 Å². The zero-order valence-electron chi connectivity index (χ0n) is 12.9. The molecule has 21 heavy (non-hydrogen) atoms. The minimum absolute atomic E-state index is 0.314. The number of nitrogens with one attached hydrogen (secondary N) is 1. The highest BCUT2D eigenvalue weighted by molar-refractivity contribution is 5.51. The first kappa shape index (κ1) is 14.0. The molecule has 1 aliphatic heterocycles. The molecule has 1 saturated heterocycles. The number of hydrogen-bond donors (Lipinski definition) is 1. The fourth-order valence-corrected chi connectivity index (χ4v) is 2.88. The van der Waals surface area contributed by atoms with Crippen molar-refractivity contribution in [2.24, 2.45) is 12.5 Å². The molecule has 6 heteroatoms. The third kappa shape index (κ3) is 3.05. The standard InChI is InChI=1S/C15H22N6/c1-15(6-8-20(2)11-15)10-17-13-5-4-12(18-19-13)14-16-7-9-21(14)3/h4-5,7,9H,6,8,10-11H2,1-3H3,(H,17,19). The van der Waals surface area contributed by atoms with E-state index in [0.717, 1.165) is 30.4 Å². The Morgan fingerprint density at radius 3 is 2.71 bits per heavy atom. The molecule has 0 amide bonds. The quantitative estimate of drug-likeness (QED) is 0.925. The summed E-state index contributed by atoms with van der Waals surface area (Å²) in [7, 11) is 4.13. The molecule has 0 aliphatic carbocycles. The number of nitrogens with zero attached hydrogens (tertiary/aromatic N) is 5. The number of likely N-dealkylation sites (tertiary alicyclic amines) is 1. The fraction of sp³-hybridized carbons (Fsp3) is 0.533. The molecule has 2 aromatic rings. The summed E-state index contributed by atoms with van der Waals surface area (Å²) in [4.78, 5) is 6.65. The summed E-state index contributed by atoms with van der Waals surface area (Å²) in [6.45, 7) is 5.54. The number of imidazole rings is 1. The molecule has 1 aliphatic rings. The van der Waals surface area contributed by atoms with E-state index < -0.39 is 0 Å². The topological polar surface area (TPSA) is 58.9 Å². The minimum atomic E-state index is 0.314. The first-order valence-corrected chi connectivity index (χ1v) is 7.30. The molecule has 0 spiro atoms. The summed E-state index contributed by atoms with van der Waals surface area (Å²) in [6, 6.07) is 3.93. The van der Waals surface area contributed by atoms with Crippen LogP contribution in [0.5, 0.6) is 0 Å². The number of hydrogen-bond acceptors (Lipinski definition) is 5. The molecular weight excluding hydrogens is 264 g/mol. The summed E-state index contributed by atoms with van der Waals surface area (Å²) < 4.78 is 1.94. The second-order valence-electron chi connectivity index (χ2n) is 6.32. The average molecular weight is 286 g/mol. The summed E-state index contributed by atoms with van der Waals surface area (Å²) in [5.41, 5.74) is 1.11. The van der Waals surface area contributed by atoms with Gasteiger partial charge in [0, 0.05) is 32.5 Å². The van der Waals surface area contributed by atoms with Gasteiger partial charge in [0.05, 0.1) is 0 Å². The summed E-state index contributed by atoms with van der Waals surface area (Å²) in [5.74, 6) is 1.65. The van der Waals surface area contributed by atoms with Gasteiger partial charge < -0.3 is 14.8 Å². The van der Waals surface area contributed by atoms with E-state index in [0.29, 0.717) is 5.41 Å². The van der Waals surface area contributed by atoms with Crippen LogP contribution in [0.1, 0.15) is 13.3 Å². The maximum absolute atomic E-state index is 4.28. The number of aromatic nitrogens is 4. The van der Waals surface area contributed by atoms with Crippen LogP contribution in [0.4, 0.5) is 5.82 Å². The molecule has 3 rings (SSSR count). The Kier molecular flexibility index (Phi) is 3.63. The van der Waals surface area contributed by atoms with Gasteiger partial charge in [0.2, 0.25) is 0 Å². The van der Waals surface area contributed by atoms with Gasteiger partial charge in [-0.1, -0.05) is 6.92 Å². The fourth-order valence-electron chi connectivity index (χ4n) is 2.88. The van der Waals surface area contributed by atoms with E-state index >= 15 is 0 Å². The van der Waals surface area contributed by atoms with E-state index in [4.69, 9.17) is 0 Å². The van der Waals surface area contributed by atoms with Crippen LogP contribution in [-0.2, 0) is 7.05 Å². The van der Waals surface area contributed by atoms with Crippen LogP contribution in [0.15, 0.2) is 24.5 Å². The summed E-state index contributed by atoms with van der Waals surface area (Å²) in [6.07, 6.45) is 4.89. The maximum Gasteiger partial charge on any atom is 0.160 e. The predicted octanol–water partition coefficient (Wildman–Crippen LogP) is 1.63. The Balaban J connectivity index is 1.64. The van der Waals surface area contributed by atoms with E-state index in [1.54, 1.807) is 6.20 Å². The molecule has 0 bridgehead atoms. The van der Waals surface area contributed by atoms with Gasteiger partial charge in [0.15, 0.2) is 5.82 Å². The second kappa shape index (κ2) is 5.44. The lowest BCUT2D eigenvalue weighted by Crippen LogP contribution is -2.29. The van der Waals surface area contributed by atoms with E-state index in [1.165, 1.54) is 13.0 Å². The lowest BCUT2D eigenvalue weighted by atomic mass is 9.90.